The maximum atomic E-state index is 12.4. The van der Waals surface area contributed by atoms with E-state index in [4.69, 9.17) is 4.74 Å². The zero-order chi connectivity index (χ0) is 20.7. The zero-order valence-corrected chi connectivity index (χ0v) is 17.1. The first-order valence-corrected chi connectivity index (χ1v) is 9.17. The van der Waals surface area contributed by atoms with Crippen LogP contribution in [0, 0.1) is 0 Å². The molecule has 1 heterocycles. The molecule has 28 heavy (non-hydrogen) atoms. The van der Waals surface area contributed by atoms with E-state index >= 15 is 0 Å². The Morgan fingerprint density at radius 1 is 1.11 bits per heavy atom. The highest BCUT2D eigenvalue weighted by Gasteiger charge is 2.17. The summed E-state index contributed by atoms with van der Waals surface area (Å²) in [5.74, 6) is -0.398. The Balaban J connectivity index is 1.91. The average molecular weight is 384 g/mol. The van der Waals surface area contributed by atoms with E-state index in [1.54, 1.807) is 25.4 Å². The number of ether oxygens (including phenoxy) is 1. The Kier molecular flexibility index (Phi) is 7.37. The zero-order valence-electron chi connectivity index (χ0n) is 17.1. The van der Waals surface area contributed by atoms with Gasteiger partial charge in [0.2, 0.25) is 0 Å². The van der Waals surface area contributed by atoms with Gasteiger partial charge in [0.25, 0.3) is 5.91 Å². The van der Waals surface area contributed by atoms with Crippen molar-refractivity contribution in [2.45, 2.75) is 26.4 Å². The van der Waals surface area contributed by atoms with Gasteiger partial charge in [0.15, 0.2) is 6.61 Å². The molecule has 2 rings (SSSR count). The molecule has 7 heteroatoms. The number of rotatable bonds is 8. The van der Waals surface area contributed by atoms with Crippen molar-refractivity contribution >= 4 is 23.4 Å². The predicted molar refractivity (Wildman–Crippen MR) is 111 cm³/mol. The lowest BCUT2D eigenvalue weighted by molar-refractivity contribution is -0.133. The van der Waals surface area contributed by atoms with Crippen LogP contribution in [0.2, 0.25) is 0 Å². The summed E-state index contributed by atoms with van der Waals surface area (Å²) >= 11 is 0. The van der Waals surface area contributed by atoms with Crippen LogP contribution in [0.25, 0.3) is 0 Å². The number of esters is 1. The largest absolute Gasteiger partial charge is 0.452 e. The minimum atomic E-state index is -0.576. The molecule has 0 saturated heterocycles. The molecular weight excluding hydrogens is 356 g/mol. The first-order valence-electron chi connectivity index (χ1n) is 9.17. The maximum absolute atomic E-state index is 12.4. The van der Waals surface area contributed by atoms with Gasteiger partial charge in [-0.25, -0.2) is 9.78 Å². The molecule has 1 aromatic heterocycles. The van der Waals surface area contributed by atoms with Crippen LogP contribution in [-0.4, -0.2) is 55.6 Å². The molecule has 2 aromatic rings. The fourth-order valence-corrected chi connectivity index (χ4v) is 2.54. The third-order valence-corrected chi connectivity index (χ3v) is 4.08. The van der Waals surface area contributed by atoms with E-state index < -0.39 is 5.97 Å². The van der Waals surface area contributed by atoms with Crippen LogP contribution in [0.15, 0.2) is 42.6 Å². The summed E-state index contributed by atoms with van der Waals surface area (Å²) in [4.78, 5) is 32.4. The third-order valence-electron chi connectivity index (χ3n) is 4.08. The number of pyridine rings is 1. The summed E-state index contributed by atoms with van der Waals surface area (Å²) in [7, 11) is 5.64. The van der Waals surface area contributed by atoms with Gasteiger partial charge in [0, 0.05) is 45.6 Å². The SMILES string of the molecule is CC(C)Nc1ncccc1C(=O)OCC(=O)N(C)Cc1ccc(N(C)C)cc1. The van der Waals surface area contributed by atoms with E-state index in [9.17, 15) is 9.59 Å². The Morgan fingerprint density at radius 3 is 2.39 bits per heavy atom. The molecule has 1 N–H and O–H groups in total. The van der Waals surface area contributed by atoms with Gasteiger partial charge in [-0.05, 0) is 43.7 Å². The van der Waals surface area contributed by atoms with Gasteiger partial charge in [0.1, 0.15) is 11.4 Å². The Hall–Kier alpha value is -3.09. The number of carbonyl (C=O) groups is 2. The second kappa shape index (κ2) is 9.73. The molecule has 1 aromatic carbocycles. The lowest BCUT2D eigenvalue weighted by atomic mass is 10.2. The lowest BCUT2D eigenvalue weighted by Crippen LogP contribution is -2.31. The van der Waals surface area contributed by atoms with Gasteiger partial charge < -0.3 is 19.9 Å². The number of benzene rings is 1. The molecule has 7 nitrogen and oxygen atoms in total. The average Bonchev–Trinajstić information content (AvgIpc) is 2.66. The van der Waals surface area contributed by atoms with Gasteiger partial charge >= 0.3 is 5.97 Å². The Bertz CT molecular complexity index is 804. The third kappa shape index (κ3) is 5.97. The lowest BCUT2D eigenvalue weighted by Gasteiger charge is -2.19. The highest BCUT2D eigenvalue weighted by Crippen LogP contribution is 2.15. The van der Waals surface area contributed by atoms with Gasteiger partial charge in [-0.2, -0.15) is 0 Å². The van der Waals surface area contributed by atoms with Crippen molar-refractivity contribution in [2.75, 3.05) is 38.0 Å². The fraction of sp³-hybridized carbons (Fsp3) is 0.381. The van der Waals surface area contributed by atoms with Crippen molar-refractivity contribution in [3.63, 3.8) is 0 Å². The number of nitrogens with one attached hydrogen (secondary N) is 1. The molecule has 1 amide bonds. The second-order valence-electron chi connectivity index (χ2n) is 7.09. The molecule has 0 atom stereocenters. The number of likely N-dealkylation sites (N-methyl/N-ethyl adjacent to an activating group) is 1. The Labute approximate surface area is 166 Å². The second-order valence-corrected chi connectivity index (χ2v) is 7.09. The summed E-state index contributed by atoms with van der Waals surface area (Å²) in [6.07, 6.45) is 1.60. The smallest absolute Gasteiger partial charge is 0.342 e. The summed E-state index contributed by atoms with van der Waals surface area (Å²) in [5, 5.41) is 3.10. The Morgan fingerprint density at radius 2 is 1.79 bits per heavy atom. The molecule has 0 aliphatic rings. The predicted octanol–water partition coefficient (Wildman–Crippen LogP) is 2.78. The number of aromatic nitrogens is 1. The van der Waals surface area contributed by atoms with Crippen LogP contribution < -0.4 is 10.2 Å². The van der Waals surface area contributed by atoms with Crippen LogP contribution in [-0.2, 0) is 16.1 Å². The molecule has 0 spiro atoms. The minimum absolute atomic E-state index is 0.119. The summed E-state index contributed by atoms with van der Waals surface area (Å²) in [6.45, 7) is 4.03. The molecule has 150 valence electrons. The van der Waals surface area contributed by atoms with Gasteiger partial charge in [-0.15, -0.1) is 0 Å². The monoisotopic (exact) mass is 384 g/mol. The van der Waals surface area contributed by atoms with Gasteiger partial charge in [-0.3, -0.25) is 4.79 Å². The number of hydrogen-bond donors (Lipinski definition) is 1. The molecule has 0 bridgehead atoms. The van der Waals surface area contributed by atoms with Crippen molar-refractivity contribution in [3.05, 3.63) is 53.7 Å². The van der Waals surface area contributed by atoms with Crippen molar-refractivity contribution < 1.29 is 14.3 Å². The first kappa shape index (κ1) is 21.2. The molecular formula is C21H28N4O3. The van der Waals surface area contributed by atoms with E-state index in [1.807, 2.05) is 57.1 Å². The number of anilines is 2. The summed E-state index contributed by atoms with van der Waals surface area (Å²) < 4.78 is 5.20. The van der Waals surface area contributed by atoms with Crippen LogP contribution in [0.5, 0.6) is 0 Å². The van der Waals surface area contributed by atoms with Crippen LogP contribution in [0.3, 0.4) is 0 Å². The van der Waals surface area contributed by atoms with Crippen LogP contribution in [0.1, 0.15) is 29.8 Å². The van der Waals surface area contributed by atoms with Gasteiger partial charge in [0.05, 0.1) is 0 Å². The minimum Gasteiger partial charge on any atom is -0.452 e. The van der Waals surface area contributed by atoms with E-state index in [-0.39, 0.29) is 18.6 Å². The molecule has 0 fully saturated rings. The van der Waals surface area contributed by atoms with Crippen molar-refractivity contribution in [1.82, 2.24) is 9.88 Å². The molecule has 0 radical (unpaired) electrons. The number of hydrogen-bond acceptors (Lipinski definition) is 6. The maximum Gasteiger partial charge on any atom is 0.342 e. The topological polar surface area (TPSA) is 74.8 Å². The van der Waals surface area contributed by atoms with E-state index in [0.29, 0.717) is 17.9 Å². The first-order chi connectivity index (χ1) is 13.3. The summed E-state index contributed by atoms with van der Waals surface area (Å²) in [6, 6.07) is 11.4. The number of nitrogens with zero attached hydrogens (tertiary/aromatic N) is 3. The van der Waals surface area contributed by atoms with E-state index in [1.165, 1.54) is 4.90 Å². The standard InChI is InChI=1S/C21H28N4O3/c1-15(2)23-20-18(7-6-12-22-20)21(27)28-14-19(26)25(5)13-16-8-10-17(11-9-16)24(3)4/h6-12,15H,13-14H2,1-5H3,(H,22,23). The quantitative estimate of drug-likeness (QED) is 0.706. The van der Waals surface area contributed by atoms with Crippen molar-refractivity contribution in [2.24, 2.45) is 0 Å². The highest BCUT2D eigenvalue weighted by molar-refractivity contribution is 5.95. The normalized spacial score (nSPS) is 10.5. The molecule has 0 aliphatic carbocycles. The van der Waals surface area contributed by atoms with Crippen molar-refractivity contribution in [3.8, 4) is 0 Å². The highest BCUT2D eigenvalue weighted by atomic mass is 16.5. The molecule has 0 aliphatic heterocycles. The van der Waals surface area contributed by atoms with Crippen LogP contribution >= 0.6 is 0 Å². The number of amides is 1. The fourth-order valence-electron chi connectivity index (χ4n) is 2.54. The van der Waals surface area contributed by atoms with Crippen molar-refractivity contribution in [1.29, 1.82) is 0 Å². The molecule has 0 saturated carbocycles. The summed E-state index contributed by atoms with van der Waals surface area (Å²) in [5.41, 5.74) is 2.41. The van der Waals surface area contributed by atoms with Gasteiger partial charge in [-0.1, -0.05) is 12.1 Å². The molecule has 0 unspecified atom stereocenters. The van der Waals surface area contributed by atoms with E-state index in [2.05, 4.69) is 10.3 Å². The van der Waals surface area contributed by atoms with E-state index in [0.717, 1.165) is 11.3 Å². The van der Waals surface area contributed by atoms with Crippen LogP contribution in [0.4, 0.5) is 11.5 Å². The number of carbonyl (C=O) groups excluding carboxylic acids is 2.